The summed E-state index contributed by atoms with van der Waals surface area (Å²) in [5.74, 6) is 0. The summed E-state index contributed by atoms with van der Waals surface area (Å²) in [6.45, 7) is 2.08. The van der Waals surface area contributed by atoms with Gasteiger partial charge in [0.2, 0.25) is 0 Å². The van der Waals surface area contributed by atoms with Crippen LogP contribution in [0.3, 0.4) is 0 Å². The van der Waals surface area contributed by atoms with Crippen LogP contribution in [-0.4, -0.2) is 15.2 Å². The molecule has 2 rings (SSSR count). The van der Waals surface area contributed by atoms with Gasteiger partial charge in [0.05, 0.1) is 21.8 Å². The number of alkyl halides is 1. The first kappa shape index (κ1) is 13.0. The van der Waals surface area contributed by atoms with Crippen molar-refractivity contribution in [2.24, 2.45) is 7.05 Å². The smallest absolute Gasteiger partial charge is 0.0853 e. The molecule has 1 aromatic rings. The summed E-state index contributed by atoms with van der Waals surface area (Å²) in [5, 5.41) is 5.46. The minimum absolute atomic E-state index is 0.191. The van der Waals surface area contributed by atoms with Crippen molar-refractivity contribution >= 4 is 23.2 Å². The molecule has 4 heteroatoms. The number of allylic oxidation sites excluding steroid dienone is 2. The number of aromatic nitrogens is 2. The number of rotatable bonds is 3. The Hall–Kier alpha value is -0.470. The Morgan fingerprint density at radius 1 is 1.53 bits per heavy atom. The molecule has 0 radical (unpaired) electrons. The Bertz CT molecular complexity index is 435. The van der Waals surface area contributed by atoms with E-state index < -0.39 is 0 Å². The summed E-state index contributed by atoms with van der Waals surface area (Å²) >= 11 is 12.5. The summed E-state index contributed by atoms with van der Waals surface area (Å²) < 4.78 is 1.90. The molecule has 17 heavy (non-hydrogen) atoms. The van der Waals surface area contributed by atoms with E-state index in [4.69, 9.17) is 23.2 Å². The minimum Gasteiger partial charge on any atom is -0.271 e. The Kier molecular flexibility index (Phi) is 4.16. The molecule has 0 saturated carbocycles. The van der Waals surface area contributed by atoms with Gasteiger partial charge in [-0.1, -0.05) is 30.2 Å². The van der Waals surface area contributed by atoms with E-state index in [1.54, 1.807) is 0 Å². The highest BCUT2D eigenvalue weighted by atomic mass is 35.5. The molecule has 1 heterocycles. The van der Waals surface area contributed by atoms with Crippen molar-refractivity contribution in [3.8, 4) is 0 Å². The molecule has 94 valence electrons. The van der Waals surface area contributed by atoms with E-state index in [-0.39, 0.29) is 5.38 Å². The van der Waals surface area contributed by atoms with Crippen molar-refractivity contribution in [2.75, 3.05) is 0 Å². The fourth-order valence-corrected chi connectivity index (χ4v) is 3.01. The van der Waals surface area contributed by atoms with Crippen molar-refractivity contribution < 1.29 is 0 Å². The third-order valence-corrected chi connectivity index (χ3v) is 4.07. The van der Waals surface area contributed by atoms with Gasteiger partial charge in [-0.25, -0.2) is 0 Å². The molecule has 0 amide bonds. The van der Waals surface area contributed by atoms with E-state index >= 15 is 0 Å². The van der Waals surface area contributed by atoms with E-state index in [0.717, 1.165) is 42.1 Å². The molecular weight excluding hydrogens is 255 g/mol. The van der Waals surface area contributed by atoms with Crippen molar-refractivity contribution in [3.05, 3.63) is 28.1 Å². The minimum atomic E-state index is 0.191. The van der Waals surface area contributed by atoms with Crippen LogP contribution in [0.5, 0.6) is 0 Å². The van der Waals surface area contributed by atoms with E-state index in [1.807, 2.05) is 11.7 Å². The second-order valence-corrected chi connectivity index (χ2v) is 5.53. The van der Waals surface area contributed by atoms with Crippen LogP contribution in [0.2, 0.25) is 5.02 Å². The number of halogens is 2. The average molecular weight is 273 g/mol. The predicted molar refractivity (Wildman–Crippen MR) is 72.9 cm³/mol. The zero-order valence-corrected chi connectivity index (χ0v) is 11.9. The van der Waals surface area contributed by atoms with Crippen LogP contribution in [0.1, 0.15) is 37.6 Å². The van der Waals surface area contributed by atoms with Gasteiger partial charge in [-0.2, -0.15) is 5.10 Å². The van der Waals surface area contributed by atoms with Crippen molar-refractivity contribution in [1.29, 1.82) is 0 Å². The zero-order chi connectivity index (χ0) is 12.4. The fourth-order valence-electron chi connectivity index (χ4n) is 2.32. The lowest BCUT2D eigenvalue weighted by Crippen LogP contribution is -2.07. The van der Waals surface area contributed by atoms with E-state index in [2.05, 4.69) is 18.1 Å². The number of hydrogen-bond acceptors (Lipinski definition) is 1. The highest BCUT2D eigenvalue weighted by molar-refractivity contribution is 6.31. The van der Waals surface area contributed by atoms with Gasteiger partial charge in [0.1, 0.15) is 0 Å². The molecule has 1 atom stereocenters. The van der Waals surface area contributed by atoms with Gasteiger partial charge in [0, 0.05) is 13.5 Å². The Labute approximate surface area is 113 Å². The number of hydrogen-bond donors (Lipinski definition) is 0. The molecule has 0 aromatic carbocycles. The molecule has 1 aliphatic rings. The SMILES string of the molecule is CCc1nn(C)c(CC2=CC(Cl)CCC2)c1Cl. The molecular formula is C13H18Cl2N2. The first-order valence-electron chi connectivity index (χ1n) is 6.15. The third kappa shape index (κ3) is 2.86. The number of nitrogens with zero attached hydrogens (tertiary/aromatic N) is 2. The van der Waals surface area contributed by atoms with Crippen molar-refractivity contribution in [1.82, 2.24) is 9.78 Å². The van der Waals surface area contributed by atoms with Crippen LogP contribution in [0, 0.1) is 0 Å². The molecule has 0 N–H and O–H groups in total. The van der Waals surface area contributed by atoms with Crippen LogP contribution < -0.4 is 0 Å². The summed E-state index contributed by atoms with van der Waals surface area (Å²) in [7, 11) is 1.96. The maximum Gasteiger partial charge on any atom is 0.0853 e. The number of aryl methyl sites for hydroxylation is 2. The standard InChI is InChI=1S/C13H18Cl2N2/c1-3-11-13(15)12(17(2)16-11)8-9-5-4-6-10(14)7-9/h7,10H,3-6,8H2,1-2H3. The van der Waals surface area contributed by atoms with Crippen LogP contribution in [0.4, 0.5) is 0 Å². The maximum absolute atomic E-state index is 6.34. The molecule has 0 aliphatic heterocycles. The lowest BCUT2D eigenvalue weighted by Gasteiger charge is -2.16. The molecule has 0 spiro atoms. The highest BCUT2D eigenvalue weighted by Gasteiger charge is 2.17. The molecule has 1 unspecified atom stereocenters. The Morgan fingerprint density at radius 2 is 2.29 bits per heavy atom. The summed E-state index contributed by atoms with van der Waals surface area (Å²) in [6.07, 6.45) is 7.34. The fraction of sp³-hybridized carbons (Fsp3) is 0.615. The largest absolute Gasteiger partial charge is 0.271 e. The van der Waals surface area contributed by atoms with Gasteiger partial charge in [0.25, 0.3) is 0 Å². The normalized spacial score (nSPS) is 20.5. The average Bonchev–Trinajstić information content (AvgIpc) is 2.56. The van der Waals surface area contributed by atoms with Crippen LogP contribution >= 0.6 is 23.2 Å². The molecule has 2 nitrogen and oxygen atoms in total. The summed E-state index contributed by atoms with van der Waals surface area (Å²) in [5.41, 5.74) is 3.49. The first-order valence-corrected chi connectivity index (χ1v) is 6.97. The Balaban J connectivity index is 2.21. The molecule has 0 fully saturated rings. The topological polar surface area (TPSA) is 17.8 Å². The molecule has 0 saturated heterocycles. The lowest BCUT2D eigenvalue weighted by atomic mass is 9.95. The molecule has 1 aliphatic carbocycles. The summed E-state index contributed by atoms with van der Waals surface area (Å²) in [6, 6.07) is 0. The molecule has 0 bridgehead atoms. The second-order valence-electron chi connectivity index (χ2n) is 4.59. The predicted octanol–water partition coefficient (Wildman–Crippen LogP) is 3.90. The monoisotopic (exact) mass is 272 g/mol. The third-order valence-electron chi connectivity index (χ3n) is 3.29. The second kappa shape index (κ2) is 5.45. The van der Waals surface area contributed by atoms with Crippen molar-refractivity contribution in [3.63, 3.8) is 0 Å². The van der Waals surface area contributed by atoms with Crippen LogP contribution in [-0.2, 0) is 19.9 Å². The van der Waals surface area contributed by atoms with Gasteiger partial charge >= 0.3 is 0 Å². The lowest BCUT2D eigenvalue weighted by molar-refractivity contribution is 0.666. The van der Waals surface area contributed by atoms with E-state index in [0.29, 0.717) is 0 Å². The maximum atomic E-state index is 6.34. The molecule has 1 aromatic heterocycles. The van der Waals surface area contributed by atoms with Crippen molar-refractivity contribution in [2.45, 2.75) is 44.4 Å². The van der Waals surface area contributed by atoms with Gasteiger partial charge in [0.15, 0.2) is 0 Å². The van der Waals surface area contributed by atoms with Gasteiger partial charge in [-0.05, 0) is 25.7 Å². The highest BCUT2D eigenvalue weighted by Crippen LogP contribution is 2.28. The Morgan fingerprint density at radius 3 is 2.88 bits per heavy atom. The first-order chi connectivity index (χ1) is 8.11. The van der Waals surface area contributed by atoms with Crippen LogP contribution in [0.25, 0.3) is 0 Å². The van der Waals surface area contributed by atoms with Gasteiger partial charge in [-0.3, -0.25) is 4.68 Å². The van der Waals surface area contributed by atoms with Gasteiger partial charge < -0.3 is 0 Å². The van der Waals surface area contributed by atoms with E-state index in [1.165, 1.54) is 12.0 Å². The van der Waals surface area contributed by atoms with Gasteiger partial charge in [-0.15, -0.1) is 11.6 Å². The summed E-state index contributed by atoms with van der Waals surface area (Å²) in [4.78, 5) is 0. The zero-order valence-electron chi connectivity index (χ0n) is 10.3. The van der Waals surface area contributed by atoms with E-state index in [9.17, 15) is 0 Å². The quantitative estimate of drug-likeness (QED) is 0.603. The van der Waals surface area contributed by atoms with Crippen LogP contribution in [0.15, 0.2) is 11.6 Å².